The maximum absolute atomic E-state index is 11.4. The van der Waals surface area contributed by atoms with Gasteiger partial charge in [0.05, 0.1) is 12.2 Å². The molecule has 1 fully saturated rings. The minimum absolute atomic E-state index is 0.290. The fraction of sp³-hybridized carbons (Fsp3) is 0.667. The lowest BCUT2D eigenvalue weighted by atomic mass is 9.67. The van der Waals surface area contributed by atoms with Crippen LogP contribution in [-0.4, -0.2) is 25.4 Å². The quantitative estimate of drug-likeness (QED) is 0.812. The molecule has 2 atom stereocenters. The molecule has 3 heteroatoms. The van der Waals surface area contributed by atoms with Gasteiger partial charge in [0.25, 0.3) is 0 Å². The highest BCUT2D eigenvalue weighted by Gasteiger charge is 2.43. The first-order valence-corrected chi connectivity index (χ1v) is 8.03. The van der Waals surface area contributed by atoms with Gasteiger partial charge < -0.3 is 14.6 Å². The SMILES string of the molecule is COCCOc1ccccc1C1(O)CCCCC1C(C)C. The van der Waals surface area contributed by atoms with Crippen molar-refractivity contribution >= 4 is 0 Å². The third-order valence-corrected chi connectivity index (χ3v) is 4.64. The summed E-state index contributed by atoms with van der Waals surface area (Å²) in [4.78, 5) is 0. The van der Waals surface area contributed by atoms with E-state index in [0.29, 0.717) is 25.0 Å². The zero-order valence-corrected chi connectivity index (χ0v) is 13.5. The van der Waals surface area contributed by atoms with Crippen molar-refractivity contribution in [1.29, 1.82) is 0 Å². The van der Waals surface area contributed by atoms with Gasteiger partial charge in [-0.2, -0.15) is 0 Å². The number of para-hydroxylation sites is 1. The number of rotatable bonds is 6. The Labute approximate surface area is 128 Å². The Balaban J connectivity index is 2.29. The molecular formula is C18H28O3. The molecule has 0 heterocycles. The zero-order valence-electron chi connectivity index (χ0n) is 13.5. The van der Waals surface area contributed by atoms with Gasteiger partial charge in [0, 0.05) is 12.7 Å². The van der Waals surface area contributed by atoms with Gasteiger partial charge in [-0.15, -0.1) is 0 Å². The molecule has 1 N–H and O–H groups in total. The Morgan fingerprint density at radius 2 is 2.00 bits per heavy atom. The average molecular weight is 292 g/mol. The zero-order chi connectivity index (χ0) is 15.3. The second-order valence-electron chi connectivity index (χ2n) is 6.36. The highest BCUT2D eigenvalue weighted by Crippen LogP contribution is 2.47. The van der Waals surface area contributed by atoms with Crippen LogP contribution in [0, 0.1) is 11.8 Å². The fourth-order valence-corrected chi connectivity index (χ4v) is 3.59. The van der Waals surface area contributed by atoms with Gasteiger partial charge in [-0.3, -0.25) is 0 Å². The first kappa shape index (κ1) is 16.3. The van der Waals surface area contributed by atoms with E-state index >= 15 is 0 Å². The molecule has 0 amide bonds. The molecule has 0 saturated heterocycles. The Kier molecular flexibility index (Phi) is 5.65. The first-order valence-electron chi connectivity index (χ1n) is 8.03. The Morgan fingerprint density at radius 3 is 2.71 bits per heavy atom. The van der Waals surface area contributed by atoms with E-state index in [1.807, 2.05) is 24.3 Å². The van der Waals surface area contributed by atoms with Crippen molar-refractivity contribution in [2.75, 3.05) is 20.3 Å². The molecule has 0 aromatic heterocycles. The molecule has 1 aliphatic rings. The van der Waals surface area contributed by atoms with Gasteiger partial charge in [-0.05, 0) is 30.7 Å². The molecule has 2 unspecified atom stereocenters. The topological polar surface area (TPSA) is 38.7 Å². The normalized spacial score (nSPS) is 26.0. The number of methoxy groups -OCH3 is 1. The number of aliphatic hydroxyl groups is 1. The lowest BCUT2D eigenvalue weighted by molar-refractivity contribution is -0.0738. The minimum atomic E-state index is -0.768. The van der Waals surface area contributed by atoms with Crippen LogP contribution in [0.1, 0.15) is 45.1 Å². The highest BCUT2D eigenvalue weighted by atomic mass is 16.5. The predicted molar refractivity (Wildman–Crippen MR) is 84.5 cm³/mol. The van der Waals surface area contributed by atoms with Crippen molar-refractivity contribution < 1.29 is 14.6 Å². The molecule has 1 saturated carbocycles. The molecule has 0 radical (unpaired) electrons. The number of ether oxygens (including phenoxy) is 2. The van der Waals surface area contributed by atoms with Gasteiger partial charge >= 0.3 is 0 Å². The number of benzene rings is 1. The molecule has 0 bridgehead atoms. The molecule has 3 nitrogen and oxygen atoms in total. The van der Waals surface area contributed by atoms with Gasteiger partial charge in [0.2, 0.25) is 0 Å². The van der Waals surface area contributed by atoms with Crippen LogP contribution >= 0.6 is 0 Å². The van der Waals surface area contributed by atoms with Gasteiger partial charge in [-0.1, -0.05) is 44.9 Å². The van der Waals surface area contributed by atoms with Crippen molar-refractivity contribution in [2.45, 2.75) is 45.1 Å². The number of hydrogen-bond donors (Lipinski definition) is 1. The van der Waals surface area contributed by atoms with Crippen LogP contribution in [-0.2, 0) is 10.3 Å². The van der Waals surface area contributed by atoms with Crippen LogP contribution in [0.2, 0.25) is 0 Å². The van der Waals surface area contributed by atoms with E-state index in [0.717, 1.165) is 30.6 Å². The smallest absolute Gasteiger partial charge is 0.125 e. The van der Waals surface area contributed by atoms with E-state index in [4.69, 9.17) is 9.47 Å². The van der Waals surface area contributed by atoms with E-state index in [9.17, 15) is 5.11 Å². The molecule has 0 aliphatic heterocycles. The minimum Gasteiger partial charge on any atom is -0.491 e. The third kappa shape index (κ3) is 3.58. The van der Waals surface area contributed by atoms with Crippen molar-refractivity contribution in [2.24, 2.45) is 11.8 Å². The van der Waals surface area contributed by atoms with Crippen molar-refractivity contribution in [1.82, 2.24) is 0 Å². The van der Waals surface area contributed by atoms with E-state index in [2.05, 4.69) is 13.8 Å². The lowest BCUT2D eigenvalue weighted by Crippen LogP contribution is -2.41. The Morgan fingerprint density at radius 1 is 1.24 bits per heavy atom. The van der Waals surface area contributed by atoms with Crippen LogP contribution in [0.3, 0.4) is 0 Å². The Hall–Kier alpha value is -1.06. The van der Waals surface area contributed by atoms with E-state index in [-0.39, 0.29) is 0 Å². The van der Waals surface area contributed by atoms with Crippen LogP contribution in [0.15, 0.2) is 24.3 Å². The predicted octanol–water partition coefficient (Wildman–Crippen LogP) is 3.75. The standard InChI is InChI=1S/C18H28O3/c1-14(2)15-8-6-7-11-18(15,19)16-9-4-5-10-17(16)21-13-12-20-3/h4-5,9-10,14-15,19H,6-8,11-13H2,1-3H3. The van der Waals surface area contributed by atoms with E-state index in [1.54, 1.807) is 7.11 Å². The fourth-order valence-electron chi connectivity index (χ4n) is 3.59. The average Bonchev–Trinajstić information content (AvgIpc) is 2.48. The third-order valence-electron chi connectivity index (χ3n) is 4.64. The molecule has 1 aliphatic carbocycles. The summed E-state index contributed by atoms with van der Waals surface area (Å²) in [5, 5.41) is 11.4. The number of hydrogen-bond acceptors (Lipinski definition) is 3. The van der Waals surface area contributed by atoms with Gasteiger partial charge in [0.1, 0.15) is 12.4 Å². The van der Waals surface area contributed by atoms with Crippen LogP contribution in [0.4, 0.5) is 0 Å². The Bertz CT molecular complexity index is 444. The molecule has 1 aromatic carbocycles. The summed E-state index contributed by atoms with van der Waals surface area (Å²) in [7, 11) is 1.67. The molecule has 1 aromatic rings. The maximum Gasteiger partial charge on any atom is 0.125 e. The lowest BCUT2D eigenvalue weighted by Gasteiger charge is -2.43. The summed E-state index contributed by atoms with van der Waals surface area (Å²) in [6.45, 7) is 5.47. The molecule has 21 heavy (non-hydrogen) atoms. The second kappa shape index (κ2) is 7.28. The summed E-state index contributed by atoms with van der Waals surface area (Å²) >= 11 is 0. The van der Waals surface area contributed by atoms with Crippen LogP contribution in [0.5, 0.6) is 5.75 Å². The summed E-state index contributed by atoms with van der Waals surface area (Å²) in [6, 6.07) is 7.92. The monoisotopic (exact) mass is 292 g/mol. The highest BCUT2D eigenvalue weighted by molar-refractivity contribution is 5.39. The van der Waals surface area contributed by atoms with Crippen molar-refractivity contribution in [3.63, 3.8) is 0 Å². The van der Waals surface area contributed by atoms with Crippen LogP contribution < -0.4 is 4.74 Å². The summed E-state index contributed by atoms with van der Waals surface area (Å²) in [5.74, 6) is 1.55. The van der Waals surface area contributed by atoms with E-state index < -0.39 is 5.60 Å². The molecule has 0 spiro atoms. The molecule has 118 valence electrons. The van der Waals surface area contributed by atoms with Crippen molar-refractivity contribution in [3.05, 3.63) is 29.8 Å². The van der Waals surface area contributed by atoms with Gasteiger partial charge in [0.15, 0.2) is 0 Å². The summed E-state index contributed by atoms with van der Waals surface area (Å²) in [6.07, 6.45) is 4.19. The first-order chi connectivity index (χ1) is 10.1. The second-order valence-corrected chi connectivity index (χ2v) is 6.36. The largest absolute Gasteiger partial charge is 0.491 e. The maximum atomic E-state index is 11.4. The van der Waals surface area contributed by atoms with Crippen molar-refractivity contribution in [3.8, 4) is 5.75 Å². The van der Waals surface area contributed by atoms with Crippen LogP contribution in [0.25, 0.3) is 0 Å². The summed E-state index contributed by atoms with van der Waals surface area (Å²) in [5.41, 5.74) is 0.176. The molecular weight excluding hydrogens is 264 g/mol. The summed E-state index contributed by atoms with van der Waals surface area (Å²) < 4.78 is 10.9. The van der Waals surface area contributed by atoms with Gasteiger partial charge in [-0.25, -0.2) is 0 Å². The van der Waals surface area contributed by atoms with E-state index in [1.165, 1.54) is 6.42 Å². The molecule has 2 rings (SSSR count).